The number of carbonyl (C=O) groups is 2. The fraction of sp³-hybridized carbons (Fsp3) is 0.182. The summed E-state index contributed by atoms with van der Waals surface area (Å²) in [4.78, 5) is 25.5. The Morgan fingerprint density at radius 2 is 2.25 bits per heavy atom. The molecule has 2 N–H and O–H groups in total. The molecule has 0 saturated carbocycles. The highest BCUT2D eigenvalue weighted by Crippen LogP contribution is 2.01. The summed E-state index contributed by atoms with van der Waals surface area (Å²) in [5, 5.41) is 18.4. The molecule has 8 nitrogen and oxygen atoms in total. The maximum absolute atomic E-state index is 12.8. The molecule has 2 rings (SSSR count). The molecule has 0 spiro atoms. The normalized spacial score (nSPS) is 10.2. The summed E-state index contributed by atoms with van der Waals surface area (Å²) in [5.41, 5.74) is 0.532. The monoisotopic (exact) mass is 279 g/mol. The summed E-state index contributed by atoms with van der Waals surface area (Å²) in [6.45, 7) is -0.251. The summed E-state index contributed by atoms with van der Waals surface area (Å²) in [6.07, 6.45) is 2.59. The van der Waals surface area contributed by atoms with E-state index in [0.29, 0.717) is 5.69 Å². The van der Waals surface area contributed by atoms with Gasteiger partial charge in [-0.05, 0) is 6.07 Å². The van der Waals surface area contributed by atoms with Gasteiger partial charge in [-0.1, -0.05) is 5.21 Å². The van der Waals surface area contributed by atoms with E-state index in [1.54, 1.807) is 0 Å². The van der Waals surface area contributed by atoms with Crippen LogP contribution in [0.2, 0.25) is 0 Å². The van der Waals surface area contributed by atoms with E-state index in [9.17, 15) is 14.0 Å². The Hall–Kier alpha value is -2.84. The molecule has 0 radical (unpaired) electrons. The highest BCUT2D eigenvalue weighted by atomic mass is 19.1. The minimum atomic E-state index is -1.04. The van der Waals surface area contributed by atoms with Crippen molar-refractivity contribution in [2.24, 2.45) is 0 Å². The Labute approximate surface area is 112 Å². The van der Waals surface area contributed by atoms with Gasteiger partial charge in [0, 0.05) is 17.8 Å². The highest BCUT2D eigenvalue weighted by Gasteiger charge is 2.09. The van der Waals surface area contributed by atoms with Crippen LogP contribution in [0, 0.1) is 5.95 Å². The molecule has 104 valence electrons. The molecule has 0 aliphatic carbocycles. The Morgan fingerprint density at radius 3 is 2.95 bits per heavy atom. The number of halogens is 1. The Balaban J connectivity index is 1.93. The van der Waals surface area contributed by atoms with Crippen molar-refractivity contribution in [2.75, 3.05) is 0 Å². The molecule has 9 heteroatoms. The van der Waals surface area contributed by atoms with Crippen molar-refractivity contribution in [2.45, 2.75) is 13.1 Å². The van der Waals surface area contributed by atoms with Gasteiger partial charge in [-0.2, -0.15) is 4.39 Å². The van der Waals surface area contributed by atoms with Crippen LogP contribution in [0.25, 0.3) is 0 Å². The first-order chi connectivity index (χ1) is 9.54. The molecule has 0 aliphatic rings. The summed E-state index contributed by atoms with van der Waals surface area (Å²) >= 11 is 0. The van der Waals surface area contributed by atoms with E-state index in [0.717, 1.165) is 10.7 Å². The third-order valence-electron chi connectivity index (χ3n) is 2.30. The van der Waals surface area contributed by atoms with E-state index in [1.807, 2.05) is 0 Å². The number of amides is 1. The second kappa shape index (κ2) is 5.87. The molecule has 0 aromatic carbocycles. The number of hydrogen-bond acceptors (Lipinski definition) is 5. The van der Waals surface area contributed by atoms with E-state index in [1.165, 1.54) is 18.5 Å². The minimum Gasteiger partial charge on any atom is -0.480 e. The summed E-state index contributed by atoms with van der Waals surface area (Å²) in [5.74, 6) is -2.28. The molecule has 0 atom stereocenters. The average molecular weight is 279 g/mol. The number of carbonyl (C=O) groups excluding carboxylic acids is 1. The van der Waals surface area contributed by atoms with Crippen LogP contribution in [-0.2, 0) is 17.9 Å². The van der Waals surface area contributed by atoms with E-state index in [-0.39, 0.29) is 18.7 Å². The van der Waals surface area contributed by atoms with Gasteiger partial charge in [0.1, 0.15) is 12.2 Å². The van der Waals surface area contributed by atoms with Gasteiger partial charge in [0.25, 0.3) is 5.91 Å². The molecular formula is C11H10FN5O3. The number of nitrogens with zero attached hydrogens (tertiary/aromatic N) is 4. The number of aromatic nitrogens is 4. The molecule has 2 aromatic rings. The number of nitrogens with one attached hydrogen (secondary N) is 1. The largest absolute Gasteiger partial charge is 0.480 e. The van der Waals surface area contributed by atoms with Gasteiger partial charge in [0.2, 0.25) is 5.95 Å². The Kier molecular flexibility index (Phi) is 3.99. The number of hydrogen-bond donors (Lipinski definition) is 2. The third-order valence-corrected chi connectivity index (χ3v) is 2.30. The molecule has 0 bridgehead atoms. The van der Waals surface area contributed by atoms with Gasteiger partial charge in [0.15, 0.2) is 0 Å². The van der Waals surface area contributed by atoms with Gasteiger partial charge in [-0.25, -0.2) is 9.67 Å². The molecule has 20 heavy (non-hydrogen) atoms. The van der Waals surface area contributed by atoms with Crippen molar-refractivity contribution in [1.29, 1.82) is 0 Å². The lowest BCUT2D eigenvalue weighted by Crippen LogP contribution is -2.23. The van der Waals surface area contributed by atoms with Crippen molar-refractivity contribution in [3.05, 3.63) is 41.7 Å². The number of pyridine rings is 1. The molecular weight excluding hydrogens is 269 g/mol. The first-order valence-electron chi connectivity index (χ1n) is 5.55. The number of carboxylic acid groups (broad SMARTS) is 1. The van der Waals surface area contributed by atoms with E-state index in [4.69, 9.17) is 5.11 Å². The molecule has 2 aromatic heterocycles. The second-order valence-electron chi connectivity index (χ2n) is 3.85. The van der Waals surface area contributed by atoms with Crippen molar-refractivity contribution in [1.82, 2.24) is 25.3 Å². The predicted molar refractivity (Wildman–Crippen MR) is 63.0 cm³/mol. The van der Waals surface area contributed by atoms with Crippen LogP contribution in [0.15, 0.2) is 24.5 Å². The van der Waals surface area contributed by atoms with Gasteiger partial charge < -0.3 is 10.4 Å². The quantitative estimate of drug-likeness (QED) is 0.735. The lowest BCUT2D eigenvalue weighted by atomic mass is 10.2. The Bertz CT molecular complexity index is 642. The molecule has 0 fully saturated rings. The van der Waals surface area contributed by atoms with Crippen molar-refractivity contribution in [3.8, 4) is 0 Å². The highest BCUT2D eigenvalue weighted by molar-refractivity contribution is 5.93. The van der Waals surface area contributed by atoms with Crippen molar-refractivity contribution >= 4 is 11.9 Å². The van der Waals surface area contributed by atoms with E-state index in [2.05, 4.69) is 20.6 Å². The molecule has 1 amide bonds. The lowest BCUT2D eigenvalue weighted by Gasteiger charge is -2.02. The van der Waals surface area contributed by atoms with Crippen LogP contribution in [0.5, 0.6) is 0 Å². The molecule has 0 unspecified atom stereocenters. The molecule has 0 saturated heterocycles. The smallest absolute Gasteiger partial charge is 0.325 e. The average Bonchev–Trinajstić information content (AvgIpc) is 2.82. The number of carboxylic acids is 1. The maximum Gasteiger partial charge on any atom is 0.325 e. The number of rotatable bonds is 5. The Morgan fingerprint density at radius 1 is 1.45 bits per heavy atom. The van der Waals surface area contributed by atoms with Gasteiger partial charge in [-0.3, -0.25) is 9.59 Å². The maximum atomic E-state index is 12.8. The lowest BCUT2D eigenvalue weighted by molar-refractivity contribution is -0.137. The van der Waals surface area contributed by atoms with Crippen LogP contribution in [0.3, 0.4) is 0 Å². The van der Waals surface area contributed by atoms with Crippen molar-refractivity contribution in [3.63, 3.8) is 0 Å². The fourth-order valence-electron chi connectivity index (χ4n) is 1.45. The van der Waals surface area contributed by atoms with E-state index >= 15 is 0 Å². The van der Waals surface area contributed by atoms with Gasteiger partial charge in [-0.15, -0.1) is 5.10 Å². The first kappa shape index (κ1) is 13.6. The van der Waals surface area contributed by atoms with Crippen LogP contribution < -0.4 is 5.32 Å². The second-order valence-corrected chi connectivity index (χ2v) is 3.85. The van der Waals surface area contributed by atoms with Gasteiger partial charge >= 0.3 is 5.97 Å². The fourth-order valence-corrected chi connectivity index (χ4v) is 1.45. The molecule has 0 aliphatic heterocycles. The van der Waals surface area contributed by atoms with Crippen LogP contribution >= 0.6 is 0 Å². The number of aliphatic carboxylic acids is 1. The molecule has 2 heterocycles. The van der Waals surface area contributed by atoms with Crippen LogP contribution in [-0.4, -0.2) is 37.0 Å². The topological polar surface area (TPSA) is 110 Å². The predicted octanol–water partition coefficient (Wildman–Crippen LogP) is -0.173. The zero-order valence-electron chi connectivity index (χ0n) is 10.2. The van der Waals surface area contributed by atoms with Crippen LogP contribution in [0.1, 0.15) is 16.1 Å². The van der Waals surface area contributed by atoms with Gasteiger partial charge in [0.05, 0.1) is 12.7 Å². The summed E-state index contributed by atoms with van der Waals surface area (Å²) < 4.78 is 14.0. The zero-order chi connectivity index (χ0) is 14.5. The zero-order valence-corrected chi connectivity index (χ0v) is 10.2. The summed E-state index contributed by atoms with van der Waals surface area (Å²) in [6, 6.07) is 2.39. The van der Waals surface area contributed by atoms with E-state index < -0.39 is 17.8 Å². The summed E-state index contributed by atoms with van der Waals surface area (Å²) in [7, 11) is 0. The van der Waals surface area contributed by atoms with Crippen LogP contribution in [0.4, 0.5) is 4.39 Å². The SMILES string of the molecule is O=C(O)Cn1cc(CNC(=O)c2ccnc(F)c2)nn1. The minimum absolute atomic E-state index is 0.0579. The first-order valence-corrected chi connectivity index (χ1v) is 5.55. The van der Waals surface area contributed by atoms with Crippen molar-refractivity contribution < 1.29 is 19.1 Å². The standard InChI is InChI=1S/C11H10FN5O3/c12-9-3-7(1-2-13-9)11(20)14-4-8-5-17(16-15-8)6-10(18)19/h1-3,5H,4,6H2,(H,14,20)(H,18,19). The third kappa shape index (κ3) is 3.57.